The summed E-state index contributed by atoms with van der Waals surface area (Å²) >= 11 is 0. The highest BCUT2D eigenvalue weighted by Crippen LogP contribution is 2.09. The van der Waals surface area contributed by atoms with Crippen molar-refractivity contribution in [2.24, 2.45) is 5.73 Å². The van der Waals surface area contributed by atoms with Gasteiger partial charge in [0, 0.05) is 18.3 Å². The summed E-state index contributed by atoms with van der Waals surface area (Å²) in [6.07, 6.45) is 0. The molecule has 0 saturated carbocycles. The molecule has 0 unspecified atom stereocenters. The van der Waals surface area contributed by atoms with Crippen molar-refractivity contribution in [3.05, 3.63) is 47.3 Å². The number of carbonyl (C=O) groups excluding carboxylic acids is 1. The van der Waals surface area contributed by atoms with E-state index in [2.05, 4.69) is 10.5 Å². The van der Waals surface area contributed by atoms with E-state index in [1.165, 1.54) is 0 Å². The minimum absolute atomic E-state index is 0.0433. The fourth-order valence-corrected chi connectivity index (χ4v) is 1.65. The van der Waals surface area contributed by atoms with Crippen LogP contribution < -0.4 is 11.1 Å². The van der Waals surface area contributed by atoms with E-state index < -0.39 is 0 Å². The zero-order valence-electron chi connectivity index (χ0n) is 11.3. The Kier molecular flexibility index (Phi) is 4.86. The molecule has 1 aromatic heterocycles. The van der Waals surface area contributed by atoms with Crippen molar-refractivity contribution in [1.82, 2.24) is 5.16 Å². The quantitative estimate of drug-likeness (QED) is 0.835. The number of aromatic nitrogens is 1. The first-order valence-corrected chi connectivity index (χ1v) is 6.26. The number of hydrogen-bond acceptors (Lipinski definition) is 5. The molecule has 0 radical (unpaired) electrons. The molecule has 0 bridgehead atoms. The van der Waals surface area contributed by atoms with Gasteiger partial charge < -0.3 is 20.3 Å². The summed E-state index contributed by atoms with van der Waals surface area (Å²) in [5.74, 6) is 0.379. The van der Waals surface area contributed by atoms with E-state index in [-0.39, 0.29) is 19.1 Å². The highest BCUT2D eigenvalue weighted by atomic mass is 16.5. The normalized spacial score (nSPS) is 10.5. The van der Waals surface area contributed by atoms with Crippen molar-refractivity contribution in [3.8, 4) is 0 Å². The zero-order valence-corrected chi connectivity index (χ0v) is 11.3. The van der Waals surface area contributed by atoms with Gasteiger partial charge in [-0.25, -0.2) is 0 Å². The molecule has 2 rings (SSSR count). The number of anilines is 1. The minimum atomic E-state index is -0.221. The van der Waals surface area contributed by atoms with Gasteiger partial charge in [0.1, 0.15) is 13.2 Å². The van der Waals surface area contributed by atoms with Gasteiger partial charge in [-0.2, -0.15) is 0 Å². The second kappa shape index (κ2) is 6.83. The Labute approximate surface area is 116 Å². The monoisotopic (exact) mass is 275 g/mol. The van der Waals surface area contributed by atoms with E-state index in [1.54, 1.807) is 18.2 Å². The Morgan fingerprint density at radius 1 is 1.40 bits per heavy atom. The van der Waals surface area contributed by atoms with Crippen molar-refractivity contribution in [2.45, 2.75) is 20.1 Å². The molecule has 0 atom stereocenters. The highest BCUT2D eigenvalue weighted by molar-refractivity contribution is 5.91. The number of ether oxygens (including phenoxy) is 1. The standard InChI is InChI=1S/C14H17N3O3/c1-10-6-13(20-17-10)8-19-9-14(18)16-12-4-2-11(7-15)3-5-12/h2-6H,7-9,15H2,1H3,(H,16,18). The van der Waals surface area contributed by atoms with Crippen molar-refractivity contribution in [2.75, 3.05) is 11.9 Å². The van der Waals surface area contributed by atoms with Crippen LogP contribution in [0.25, 0.3) is 0 Å². The maximum absolute atomic E-state index is 11.7. The molecule has 0 fully saturated rings. The Balaban J connectivity index is 1.74. The summed E-state index contributed by atoms with van der Waals surface area (Å²) in [7, 11) is 0. The molecule has 6 nitrogen and oxygen atoms in total. The maximum Gasteiger partial charge on any atom is 0.250 e. The first-order valence-electron chi connectivity index (χ1n) is 6.26. The lowest BCUT2D eigenvalue weighted by molar-refractivity contribution is -0.121. The molecule has 20 heavy (non-hydrogen) atoms. The van der Waals surface area contributed by atoms with E-state index >= 15 is 0 Å². The van der Waals surface area contributed by atoms with Crippen LogP contribution in [0.5, 0.6) is 0 Å². The van der Waals surface area contributed by atoms with Gasteiger partial charge in [-0.1, -0.05) is 17.3 Å². The number of amides is 1. The van der Waals surface area contributed by atoms with Crippen LogP contribution in [0.4, 0.5) is 5.69 Å². The number of nitrogens with zero attached hydrogens (tertiary/aromatic N) is 1. The smallest absolute Gasteiger partial charge is 0.250 e. The lowest BCUT2D eigenvalue weighted by atomic mass is 10.2. The molecular weight excluding hydrogens is 258 g/mol. The van der Waals surface area contributed by atoms with E-state index in [0.717, 1.165) is 11.3 Å². The van der Waals surface area contributed by atoms with E-state index in [4.69, 9.17) is 15.0 Å². The van der Waals surface area contributed by atoms with Crippen LogP contribution in [0.3, 0.4) is 0 Å². The van der Waals surface area contributed by atoms with Crippen LogP contribution in [0.1, 0.15) is 17.0 Å². The van der Waals surface area contributed by atoms with Crippen LogP contribution >= 0.6 is 0 Å². The van der Waals surface area contributed by atoms with Gasteiger partial charge in [-0.15, -0.1) is 0 Å². The molecule has 0 saturated heterocycles. The molecule has 1 heterocycles. The number of nitrogens with two attached hydrogens (primary N) is 1. The Hall–Kier alpha value is -2.18. The molecule has 0 aliphatic rings. The van der Waals surface area contributed by atoms with Crippen molar-refractivity contribution in [1.29, 1.82) is 0 Å². The van der Waals surface area contributed by atoms with E-state index in [0.29, 0.717) is 18.0 Å². The lowest BCUT2D eigenvalue weighted by Crippen LogP contribution is -2.18. The van der Waals surface area contributed by atoms with Crippen molar-refractivity contribution in [3.63, 3.8) is 0 Å². The fraction of sp³-hybridized carbons (Fsp3) is 0.286. The molecule has 3 N–H and O–H groups in total. The second-order valence-corrected chi connectivity index (χ2v) is 4.38. The van der Waals surface area contributed by atoms with Crippen LogP contribution in [-0.4, -0.2) is 17.7 Å². The minimum Gasteiger partial charge on any atom is -0.364 e. The van der Waals surface area contributed by atoms with Gasteiger partial charge >= 0.3 is 0 Å². The first kappa shape index (κ1) is 14.2. The Morgan fingerprint density at radius 3 is 2.75 bits per heavy atom. The molecule has 6 heteroatoms. The Bertz CT molecular complexity index is 563. The number of hydrogen-bond donors (Lipinski definition) is 2. The molecule has 106 valence electrons. The van der Waals surface area contributed by atoms with E-state index in [9.17, 15) is 4.79 Å². The average Bonchev–Trinajstić information content (AvgIpc) is 2.85. The zero-order chi connectivity index (χ0) is 14.4. The molecule has 1 amide bonds. The molecular formula is C14H17N3O3. The number of carbonyl (C=O) groups is 1. The summed E-state index contributed by atoms with van der Waals surface area (Å²) in [4.78, 5) is 11.7. The van der Waals surface area contributed by atoms with Crippen LogP contribution in [0.15, 0.2) is 34.9 Å². The molecule has 1 aromatic carbocycles. The van der Waals surface area contributed by atoms with Gasteiger partial charge in [0.25, 0.3) is 0 Å². The predicted molar refractivity (Wildman–Crippen MR) is 73.9 cm³/mol. The number of rotatable bonds is 6. The van der Waals surface area contributed by atoms with Crippen LogP contribution in [0, 0.1) is 6.92 Å². The average molecular weight is 275 g/mol. The summed E-state index contributed by atoms with van der Waals surface area (Å²) in [5, 5.41) is 6.47. The molecule has 0 spiro atoms. The molecule has 0 aliphatic carbocycles. The summed E-state index contributed by atoms with van der Waals surface area (Å²) in [6, 6.07) is 9.12. The Morgan fingerprint density at radius 2 is 2.15 bits per heavy atom. The third-order valence-corrected chi connectivity index (χ3v) is 2.63. The number of benzene rings is 1. The number of aryl methyl sites for hydroxylation is 1. The largest absolute Gasteiger partial charge is 0.364 e. The molecule has 0 aliphatic heterocycles. The topological polar surface area (TPSA) is 90.4 Å². The second-order valence-electron chi connectivity index (χ2n) is 4.38. The third-order valence-electron chi connectivity index (χ3n) is 2.63. The fourth-order valence-electron chi connectivity index (χ4n) is 1.65. The molecule has 2 aromatic rings. The van der Waals surface area contributed by atoms with Crippen LogP contribution in [-0.2, 0) is 22.7 Å². The van der Waals surface area contributed by atoms with Crippen LogP contribution in [0.2, 0.25) is 0 Å². The first-order chi connectivity index (χ1) is 9.67. The lowest BCUT2D eigenvalue weighted by Gasteiger charge is -2.06. The van der Waals surface area contributed by atoms with Gasteiger partial charge in [-0.05, 0) is 24.6 Å². The van der Waals surface area contributed by atoms with Gasteiger partial charge in [0.05, 0.1) is 5.69 Å². The van der Waals surface area contributed by atoms with E-state index in [1.807, 2.05) is 19.1 Å². The van der Waals surface area contributed by atoms with Crippen molar-refractivity contribution >= 4 is 11.6 Å². The SMILES string of the molecule is Cc1cc(COCC(=O)Nc2ccc(CN)cc2)on1. The summed E-state index contributed by atoms with van der Waals surface area (Å²) in [5.41, 5.74) is 8.02. The van der Waals surface area contributed by atoms with Gasteiger partial charge in [0.15, 0.2) is 5.76 Å². The summed E-state index contributed by atoms with van der Waals surface area (Å²) in [6.45, 7) is 2.48. The van der Waals surface area contributed by atoms with Gasteiger partial charge in [0.2, 0.25) is 5.91 Å². The third kappa shape index (κ3) is 4.18. The number of nitrogens with one attached hydrogen (secondary N) is 1. The maximum atomic E-state index is 11.7. The highest BCUT2D eigenvalue weighted by Gasteiger charge is 2.05. The predicted octanol–water partition coefficient (Wildman–Crippen LogP) is 1.60. The van der Waals surface area contributed by atoms with Gasteiger partial charge in [-0.3, -0.25) is 4.79 Å². The summed E-state index contributed by atoms with van der Waals surface area (Å²) < 4.78 is 10.2. The van der Waals surface area contributed by atoms with Crippen molar-refractivity contribution < 1.29 is 14.1 Å².